The van der Waals surface area contributed by atoms with Crippen LogP contribution in [-0.2, 0) is 4.74 Å². The molecule has 2 aromatic rings. The molecule has 1 fully saturated rings. The monoisotopic (exact) mass is 286 g/mol. The smallest absolute Gasteiger partial charge is 0.0818 e. The highest BCUT2D eigenvalue weighted by Gasteiger charge is 2.35. The first-order valence-electron chi connectivity index (χ1n) is 7.60. The third-order valence-corrected chi connectivity index (χ3v) is 4.30. The standard InChI is InChI=1S/C16H22N4O/c1-3-15-13(9-10-21-15)16(17-2)14-11-18-19-20(14)12-7-5-4-6-8-12/h4-8,11,13,15-17H,3,9-10H2,1-2H3. The van der Waals surface area contributed by atoms with E-state index in [2.05, 4.69) is 22.6 Å². The molecule has 5 heteroatoms. The molecule has 0 bridgehead atoms. The second-order valence-electron chi connectivity index (χ2n) is 5.44. The van der Waals surface area contributed by atoms with E-state index in [-0.39, 0.29) is 6.04 Å². The van der Waals surface area contributed by atoms with Crippen LogP contribution in [0, 0.1) is 5.92 Å². The molecule has 21 heavy (non-hydrogen) atoms. The Morgan fingerprint density at radius 2 is 2.19 bits per heavy atom. The quantitative estimate of drug-likeness (QED) is 0.916. The van der Waals surface area contributed by atoms with Gasteiger partial charge >= 0.3 is 0 Å². The SMILES string of the molecule is CCC1OCCC1C(NC)c1cnnn1-c1ccccc1. The minimum absolute atomic E-state index is 0.202. The number of rotatable bonds is 5. The van der Waals surface area contributed by atoms with Gasteiger partial charge in [-0.3, -0.25) is 0 Å². The van der Waals surface area contributed by atoms with Gasteiger partial charge in [0, 0.05) is 12.5 Å². The number of ether oxygens (including phenoxy) is 1. The molecule has 1 saturated heterocycles. The minimum Gasteiger partial charge on any atom is -0.378 e. The van der Waals surface area contributed by atoms with E-state index >= 15 is 0 Å². The highest BCUT2D eigenvalue weighted by Crippen LogP contribution is 2.34. The fraction of sp³-hybridized carbons (Fsp3) is 0.500. The van der Waals surface area contributed by atoms with Gasteiger partial charge in [0.2, 0.25) is 0 Å². The van der Waals surface area contributed by atoms with Crippen LogP contribution in [-0.4, -0.2) is 34.8 Å². The molecule has 1 N–H and O–H groups in total. The summed E-state index contributed by atoms with van der Waals surface area (Å²) in [6, 6.07) is 10.3. The molecule has 0 saturated carbocycles. The lowest BCUT2D eigenvalue weighted by atomic mass is 9.89. The van der Waals surface area contributed by atoms with Crippen molar-refractivity contribution in [3.05, 3.63) is 42.2 Å². The topological polar surface area (TPSA) is 52.0 Å². The Hall–Kier alpha value is -1.72. The lowest BCUT2D eigenvalue weighted by Crippen LogP contribution is -2.32. The van der Waals surface area contributed by atoms with E-state index in [1.54, 1.807) is 0 Å². The Bertz CT molecular complexity index is 569. The average molecular weight is 286 g/mol. The molecule has 3 unspecified atom stereocenters. The van der Waals surface area contributed by atoms with E-state index in [1.165, 1.54) is 0 Å². The Balaban J connectivity index is 1.94. The van der Waals surface area contributed by atoms with Crippen molar-refractivity contribution in [1.29, 1.82) is 0 Å². The van der Waals surface area contributed by atoms with Gasteiger partial charge in [0.25, 0.3) is 0 Å². The largest absolute Gasteiger partial charge is 0.378 e. The first-order chi connectivity index (χ1) is 10.3. The summed E-state index contributed by atoms with van der Waals surface area (Å²) >= 11 is 0. The van der Waals surface area contributed by atoms with E-state index in [4.69, 9.17) is 4.74 Å². The Kier molecular flexibility index (Phi) is 4.31. The average Bonchev–Trinajstić information content (AvgIpc) is 3.18. The van der Waals surface area contributed by atoms with Crippen molar-refractivity contribution in [2.45, 2.75) is 31.9 Å². The summed E-state index contributed by atoms with van der Waals surface area (Å²) in [4.78, 5) is 0. The highest BCUT2D eigenvalue weighted by molar-refractivity contribution is 5.32. The zero-order valence-corrected chi connectivity index (χ0v) is 12.6. The zero-order valence-electron chi connectivity index (χ0n) is 12.6. The first kappa shape index (κ1) is 14.2. The summed E-state index contributed by atoms with van der Waals surface area (Å²) in [7, 11) is 2.00. The van der Waals surface area contributed by atoms with Crippen LogP contribution in [0.2, 0.25) is 0 Å². The molecule has 1 aromatic heterocycles. The first-order valence-corrected chi connectivity index (χ1v) is 7.60. The summed E-state index contributed by atoms with van der Waals surface area (Å²) in [5, 5.41) is 11.8. The molecule has 0 amide bonds. The van der Waals surface area contributed by atoms with Gasteiger partial charge in [-0.1, -0.05) is 30.3 Å². The van der Waals surface area contributed by atoms with E-state index in [1.807, 2.05) is 48.3 Å². The van der Waals surface area contributed by atoms with Gasteiger partial charge in [0.05, 0.1) is 29.7 Å². The summed E-state index contributed by atoms with van der Waals surface area (Å²) in [5.41, 5.74) is 2.13. The third kappa shape index (κ3) is 2.71. The molecule has 2 heterocycles. The Morgan fingerprint density at radius 1 is 1.38 bits per heavy atom. The predicted octanol–water partition coefficient (Wildman–Crippen LogP) is 2.34. The second kappa shape index (κ2) is 6.37. The van der Waals surface area contributed by atoms with Gasteiger partial charge in [-0.05, 0) is 32.0 Å². The lowest BCUT2D eigenvalue weighted by Gasteiger charge is -2.27. The maximum atomic E-state index is 5.85. The number of nitrogens with one attached hydrogen (secondary N) is 1. The molecule has 0 aliphatic carbocycles. The van der Waals surface area contributed by atoms with Crippen molar-refractivity contribution in [2.24, 2.45) is 5.92 Å². The molecular weight excluding hydrogens is 264 g/mol. The molecule has 3 rings (SSSR count). The van der Waals surface area contributed by atoms with Crippen LogP contribution in [0.15, 0.2) is 36.5 Å². The van der Waals surface area contributed by atoms with Crippen LogP contribution < -0.4 is 5.32 Å². The molecule has 112 valence electrons. The molecule has 3 atom stereocenters. The van der Waals surface area contributed by atoms with Crippen molar-refractivity contribution >= 4 is 0 Å². The molecule has 0 spiro atoms. The number of hydrogen-bond acceptors (Lipinski definition) is 4. The van der Waals surface area contributed by atoms with Gasteiger partial charge < -0.3 is 10.1 Å². The molecule has 1 aliphatic rings. The number of aromatic nitrogens is 3. The Morgan fingerprint density at radius 3 is 2.90 bits per heavy atom. The highest BCUT2D eigenvalue weighted by atomic mass is 16.5. The summed E-state index contributed by atoms with van der Waals surface area (Å²) in [6.45, 7) is 3.02. The van der Waals surface area contributed by atoms with Gasteiger partial charge in [0.1, 0.15) is 0 Å². The number of nitrogens with zero attached hydrogens (tertiary/aromatic N) is 3. The maximum Gasteiger partial charge on any atom is 0.0818 e. The second-order valence-corrected chi connectivity index (χ2v) is 5.44. The van der Waals surface area contributed by atoms with Crippen molar-refractivity contribution in [1.82, 2.24) is 20.3 Å². The maximum absolute atomic E-state index is 5.85. The van der Waals surface area contributed by atoms with Crippen LogP contribution in [0.1, 0.15) is 31.5 Å². The zero-order chi connectivity index (χ0) is 14.7. The van der Waals surface area contributed by atoms with Crippen LogP contribution in [0.25, 0.3) is 5.69 Å². The predicted molar refractivity (Wildman–Crippen MR) is 81.3 cm³/mol. The van der Waals surface area contributed by atoms with E-state index in [9.17, 15) is 0 Å². The lowest BCUT2D eigenvalue weighted by molar-refractivity contribution is 0.0775. The van der Waals surface area contributed by atoms with Crippen LogP contribution in [0.5, 0.6) is 0 Å². The molecule has 1 aliphatic heterocycles. The van der Waals surface area contributed by atoms with Crippen LogP contribution in [0.4, 0.5) is 0 Å². The molecular formula is C16H22N4O. The summed E-state index contributed by atoms with van der Waals surface area (Å²) in [5.74, 6) is 0.459. The summed E-state index contributed by atoms with van der Waals surface area (Å²) in [6.07, 6.45) is 4.28. The Labute approximate surface area is 125 Å². The van der Waals surface area contributed by atoms with E-state index < -0.39 is 0 Å². The third-order valence-electron chi connectivity index (χ3n) is 4.30. The van der Waals surface area contributed by atoms with Gasteiger partial charge in [-0.15, -0.1) is 5.10 Å². The fourth-order valence-corrected chi connectivity index (χ4v) is 3.27. The van der Waals surface area contributed by atoms with Crippen LogP contribution >= 0.6 is 0 Å². The van der Waals surface area contributed by atoms with E-state index in [0.717, 1.165) is 30.8 Å². The van der Waals surface area contributed by atoms with Crippen molar-refractivity contribution in [3.8, 4) is 5.69 Å². The van der Waals surface area contributed by atoms with Crippen molar-refractivity contribution in [3.63, 3.8) is 0 Å². The van der Waals surface area contributed by atoms with Crippen LogP contribution in [0.3, 0.4) is 0 Å². The number of hydrogen-bond donors (Lipinski definition) is 1. The minimum atomic E-state index is 0.202. The molecule has 1 aromatic carbocycles. The molecule has 0 radical (unpaired) electrons. The van der Waals surface area contributed by atoms with Gasteiger partial charge in [-0.25, -0.2) is 4.68 Å². The molecule has 5 nitrogen and oxygen atoms in total. The van der Waals surface area contributed by atoms with Gasteiger partial charge in [0.15, 0.2) is 0 Å². The summed E-state index contributed by atoms with van der Waals surface area (Å²) < 4.78 is 7.77. The van der Waals surface area contributed by atoms with E-state index in [0.29, 0.717) is 12.0 Å². The number of para-hydroxylation sites is 1. The number of benzene rings is 1. The fourth-order valence-electron chi connectivity index (χ4n) is 3.27. The van der Waals surface area contributed by atoms with Gasteiger partial charge in [-0.2, -0.15) is 0 Å². The van der Waals surface area contributed by atoms with Crippen molar-refractivity contribution in [2.75, 3.05) is 13.7 Å². The van der Waals surface area contributed by atoms with Crippen molar-refractivity contribution < 1.29 is 4.74 Å². The normalized spacial score (nSPS) is 23.3.